The molecule has 4 heteroatoms. The maximum atomic E-state index is 12.5. The molecule has 1 aromatic carbocycles. The molecule has 130 valence electrons. The van der Waals surface area contributed by atoms with Crippen molar-refractivity contribution in [1.82, 2.24) is 4.90 Å². The smallest absolute Gasteiger partial charge is 0.223 e. The molecule has 2 aromatic rings. The second-order valence-corrected chi connectivity index (χ2v) is 8.05. The van der Waals surface area contributed by atoms with Crippen LogP contribution in [0.2, 0.25) is 0 Å². The Morgan fingerprint density at radius 3 is 2.68 bits per heavy atom. The van der Waals surface area contributed by atoms with Crippen LogP contribution in [-0.4, -0.2) is 23.1 Å². The average Bonchev–Trinajstić information content (AvgIpc) is 3.13. The standard InChI is InChI=1S/C21H23NO2S/c23-19(18-6-5-15-3-1-2-4-17(15)13-18)7-8-21(24)22-11-9-16-10-12-25-20(16)14-22/h5-6,10,12-13H,1-4,7-9,11,14H2. The fourth-order valence-electron chi connectivity index (χ4n) is 3.88. The molecule has 3 nitrogen and oxygen atoms in total. The molecule has 2 aliphatic rings. The van der Waals surface area contributed by atoms with Gasteiger partial charge in [0.2, 0.25) is 5.91 Å². The number of amides is 1. The minimum Gasteiger partial charge on any atom is -0.337 e. The fourth-order valence-corrected chi connectivity index (χ4v) is 4.83. The molecule has 1 amide bonds. The number of Topliss-reactive ketones (excluding diaryl/α,β-unsaturated/α-hetero) is 1. The molecule has 2 heterocycles. The summed E-state index contributed by atoms with van der Waals surface area (Å²) in [6.45, 7) is 1.48. The van der Waals surface area contributed by atoms with Crippen LogP contribution >= 0.6 is 11.3 Å². The molecule has 1 aromatic heterocycles. The van der Waals surface area contributed by atoms with Crippen molar-refractivity contribution in [2.24, 2.45) is 0 Å². The van der Waals surface area contributed by atoms with Crippen LogP contribution in [0.15, 0.2) is 29.6 Å². The van der Waals surface area contributed by atoms with E-state index in [4.69, 9.17) is 0 Å². The third kappa shape index (κ3) is 3.54. The molecule has 0 saturated heterocycles. The highest BCUT2D eigenvalue weighted by Crippen LogP contribution is 2.25. The lowest BCUT2D eigenvalue weighted by atomic mass is 9.89. The monoisotopic (exact) mass is 353 g/mol. The summed E-state index contributed by atoms with van der Waals surface area (Å²) in [6.07, 6.45) is 6.22. The van der Waals surface area contributed by atoms with Crippen LogP contribution in [-0.2, 0) is 30.6 Å². The lowest BCUT2D eigenvalue weighted by Crippen LogP contribution is -2.35. The van der Waals surface area contributed by atoms with Gasteiger partial charge in [0.15, 0.2) is 5.78 Å². The zero-order valence-electron chi connectivity index (χ0n) is 14.4. The van der Waals surface area contributed by atoms with Crippen LogP contribution in [0.3, 0.4) is 0 Å². The number of hydrogen-bond donors (Lipinski definition) is 0. The van der Waals surface area contributed by atoms with E-state index in [1.54, 1.807) is 11.3 Å². The van der Waals surface area contributed by atoms with Crippen molar-refractivity contribution in [2.75, 3.05) is 6.54 Å². The zero-order chi connectivity index (χ0) is 17.2. The van der Waals surface area contributed by atoms with Gasteiger partial charge in [0, 0.05) is 29.8 Å². The lowest BCUT2D eigenvalue weighted by molar-refractivity contribution is -0.132. The second-order valence-electron chi connectivity index (χ2n) is 7.05. The topological polar surface area (TPSA) is 37.4 Å². The summed E-state index contributed by atoms with van der Waals surface area (Å²) < 4.78 is 0. The van der Waals surface area contributed by atoms with E-state index in [0.717, 1.165) is 31.4 Å². The van der Waals surface area contributed by atoms with Crippen molar-refractivity contribution < 1.29 is 9.59 Å². The number of rotatable bonds is 4. The van der Waals surface area contributed by atoms with Crippen LogP contribution in [0, 0.1) is 0 Å². The van der Waals surface area contributed by atoms with Crippen LogP contribution in [0.1, 0.15) is 57.6 Å². The number of fused-ring (bicyclic) bond motifs is 2. The highest BCUT2D eigenvalue weighted by Gasteiger charge is 2.22. The normalized spacial score (nSPS) is 16.2. The van der Waals surface area contributed by atoms with Gasteiger partial charge in [-0.1, -0.05) is 12.1 Å². The van der Waals surface area contributed by atoms with Gasteiger partial charge in [0.25, 0.3) is 0 Å². The molecule has 0 spiro atoms. The lowest BCUT2D eigenvalue weighted by Gasteiger charge is -2.27. The number of benzene rings is 1. The Morgan fingerprint density at radius 1 is 0.960 bits per heavy atom. The first-order valence-corrected chi connectivity index (χ1v) is 10.1. The van der Waals surface area contributed by atoms with Gasteiger partial charge in [-0.2, -0.15) is 0 Å². The van der Waals surface area contributed by atoms with Crippen LogP contribution < -0.4 is 0 Å². The zero-order valence-corrected chi connectivity index (χ0v) is 15.2. The molecule has 0 radical (unpaired) electrons. The number of ketones is 1. The first kappa shape index (κ1) is 16.5. The number of aryl methyl sites for hydroxylation is 2. The van der Waals surface area contributed by atoms with E-state index in [0.29, 0.717) is 19.4 Å². The van der Waals surface area contributed by atoms with E-state index in [2.05, 4.69) is 23.6 Å². The third-order valence-electron chi connectivity index (χ3n) is 5.41. The van der Waals surface area contributed by atoms with Crippen molar-refractivity contribution in [2.45, 2.75) is 51.5 Å². The predicted octanol–water partition coefficient (Wildman–Crippen LogP) is 4.17. The summed E-state index contributed by atoms with van der Waals surface area (Å²) in [5, 5.41) is 2.10. The minimum atomic E-state index is 0.0931. The summed E-state index contributed by atoms with van der Waals surface area (Å²) in [4.78, 5) is 28.2. The SMILES string of the molecule is O=C(CCC(=O)N1CCc2ccsc2C1)c1ccc2c(c1)CCCC2. The number of nitrogens with zero attached hydrogens (tertiary/aromatic N) is 1. The van der Waals surface area contributed by atoms with Crippen molar-refractivity contribution in [3.63, 3.8) is 0 Å². The molecule has 0 saturated carbocycles. The molecule has 0 atom stereocenters. The van der Waals surface area contributed by atoms with Gasteiger partial charge >= 0.3 is 0 Å². The second kappa shape index (κ2) is 7.12. The Kier molecular flexibility index (Phi) is 4.71. The summed E-state index contributed by atoms with van der Waals surface area (Å²) in [6, 6.07) is 8.25. The summed E-state index contributed by atoms with van der Waals surface area (Å²) in [5.41, 5.74) is 4.86. The first-order valence-electron chi connectivity index (χ1n) is 9.19. The molecule has 1 aliphatic heterocycles. The average molecular weight is 353 g/mol. The quantitative estimate of drug-likeness (QED) is 0.774. The van der Waals surface area contributed by atoms with Gasteiger partial charge in [0.1, 0.15) is 0 Å². The molecule has 0 N–H and O–H groups in total. The van der Waals surface area contributed by atoms with E-state index in [-0.39, 0.29) is 11.7 Å². The number of carbonyl (C=O) groups is 2. The van der Waals surface area contributed by atoms with Crippen LogP contribution in [0.25, 0.3) is 0 Å². The van der Waals surface area contributed by atoms with Gasteiger partial charge in [-0.15, -0.1) is 11.3 Å². The summed E-state index contributed by atoms with van der Waals surface area (Å²) >= 11 is 1.72. The largest absolute Gasteiger partial charge is 0.337 e. The number of thiophene rings is 1. The summed E-state index contributed by atoms with van der Waals surface area (Å²) in [5.74, 6) is 0.195. The van der Waals surface area contributed by atoms with Gasteiger partial charge in [-0.25, -0.2) is 0 Å². The van der Waals surface area contributed by atoms with E-state index >= 15 is 0 Å². The van der Waals surface area contributed by atoms with Gasteiger partial charge in [0.05, 0.1) is 6.54 Å². The van der Waals surface area contributed by atoms with Gasteiger partial charge in [-0.05, 0) is 66.3 Å². The Hall–Kier alpha value is -1.94. The van der Waals surface area contributed by atoms with E-state index in [1.807, 2.05) is 11.0 Å². The highest BCUT2D eigenvalue weighted by atomic mass is 32.1. The molecular weight excluding hydrogens is 330 g/mol. The molecular formula is C21H23NO2S. The van der Waals surface area contributed by atoms with E-state index in [9.17, 15) is 9.59 Å². The molecule has 0 bridgehead atoms. The molecule has 0 fully saturated rings. The Labute approximate surface area is 152 Å². The van der Waals surface area contributed by atoms with E-state index < -0.39 is 0 Å². The van der Waals surface area contributed by atoms with Gasteiger partial charge < -0.3 is 4.90 Å². The molecule has 4 rings (SSSR count). The van der Waals surface area contributed by atoms with E-state index in [1.165, 1.54) is 34.4 Å². The molecule has 1 aliphatic carbocycles. The van der Waals surface area contributed by atoms with Gasteiger partial charge in [-0.3, -0.25) is 9.59 Å². The molecule has 25 heavy (non-hydrogen) atoms. The third-order valence-corrected chi connectivity index (χ3v) is 6.36. The predicted molar refractivity (Wildman–Crippen MR) is 100 cm³/mol. The maximum absolute atomic E-state index is 12.5. The van der Waals surface area contributed by atoms with Crippen molar-refractivity contribution in [1.29, 1.82) is 0 Å². The van der Waals surface area contributed by atoms with Crippen molar-refractivity contribution in [3.05, 3.63) is 56.8 Å². The Morgan fingerprint density at radius 2 is 1.80 bits per heavy atom. The van der Waals surface area contributed by atoms with Crippen molar-refractivity contribution in [3.8, 4) is 0 Å². The van der Waals surface area contributed by atoms with Crippen LogP contribution in [0.4, 0.5) is 0 Å². The van der Waals surface area contributed by atoms with Crippen LogP contribution in [0.5, 0.6) is 0 Å². The first-order chi connectivity index (χ1) is 12.2. The number of hydrogen-bond acceptors (Lipinski definition) is 3. The number of carbonyl (C=O) groups excluding carboxylic acids is 2. The Bertz CT molecular complexity index is 808. The fraction of sp³-hybridized carbons (Fsp3) is 0.429. The highest BCUT2D eigenvalue weighted by molar-refractivity contribution is 7.10. The maximum Gasteiger partial charge on any atom is 0.223 e. The minimum absolute atomic E-state index is 0.0931. The summed E-state index contributed by atoms with van der Waals surface area (Å²) in [7, 11) is 0. The molecule has 0 unspecified atom stereocenters. The Balaban J connectivity index is 1.35. The van der Waals surface area contributed by atoms with Crippen molar-refractivity contribution >= 4 is 23.0 Å².